The predicted molar refractivity (Wildman–Crippen MR) is 65.7 cm³/mol. The molecule has 0 spiro atoms. The quantitative estimate of drug-likeness (QED) is 0.715. The second kappa shape index (κ2) is 6.16. The van der Waals surface area contributed by atoms with Gasteiger partial charge in [-0.05, 0) is 32.9 Å². The van der Waals surface area contributed by atoms with Crippen molar-refractivity contribution < 1.29 is 9.53 Å². The summed E-state index contributed by atoms with van der Waals surface area (Å²) >= 11 is 0. The lowest BCUT2D eigenvalue weighted by Crippen LogP contribution is -2.30. The molecule has 3 heteroatoms. The number of carbonyl (C=O) groups excluding carboxylic acids is 1. The molecule has 0 aromatic heterocycles. The van der Waals surface area contributed by atoms with Crippen LogP contribution in [0.1, 0.15) is 19.4 Å². The Morgan fingerprint density at radius 2 is 1.88 bits per heavy atom. The molecular formula is C13H19NO2. The van der Waals surface area contributed by atoms with Gasteiger partial charge in [0.15, 0.2) is 0 Å². The van der Waals surface area contributed by atoms with E-state index in [9.17, 15) is 4.79 Å². The van der Waals surface area contributed by atoms with Crippen LogP contribution in [0.15, 0.2) is 24.3 Å². The van der Waals surface area contributed by atoms with Gasteiger partial charge in [0.05, 0.1) is 6.61 Å². The van der Waals surface area contributed by atoms with Crippen molar-refractivity contribution >= 4 is 11.7 Å². The van der Waals surface area contributed by atoms with E-state index in [0.29, 0.717) is 13.2 Å². The first-order chi connectivity index (χ1) is 7.67. The minimum absolute atomic E-state index is 0.176. The minimum atomic E-state index is -0.176. The molecular weight excluding hydrogens is 202 g/mol. The van der Waals surface area contributed by atoms with Crippen molar-refractivity contribution in [3.05, 3.63) is 29.8 Å². The Hall–Kier alpha value is -1.51. The van der Waals surface area contributed by atoms with Crippen molar-refractivity contribution in [2.24, 2.45) is 0 Å². The zero-order valence-corrected chi connectivity index (χ0v) is 10.2. The van der Waals surface area contributed by atoms with Crippen molar-refractivity contribution in [2.45, 2.75) is 20.8 Å². The second-order valence-corrected chi connectivity index (χ2v) is 3.65. The highest BCUT2D eigenvalue weighted by Gasteiger charge is 2.09. The van der Waals surface area contributed by atoms with Crippen LogP contribution in [-0.2, 0) is 9.53 Å². The molecule has 1 aromatic carbocycles. The van der Waals surface area contributed by atoms with Gasteiger partial charge >= 0.3 is 5.97 Å². The van der Waals surface area contributed by atoms with E-state index in [1.54, 1.807) is 0 Å². The number of ether oxygens (including phenoxy) is 1. The van der Waals surface area contributed by atoms with Crippen molar-refractivity contribution in [1.82, 2.24) is 0 Å². The predicted octanol–water partition coefficient (Wildman–Crippen LogP) is 2.38. The Morgan fingerprint density at radius 1 is 1.25 bits per heavy atom. The fraction of sp³-hybridized carbons (Fsp3) is 0.462. The Morgan fingerprint density at radius 3 is 2.38 bits per heavy atom. The zero-order valence-electron chi connectivity index (χ0n) is 10.2. The van der Waals surface area contributed by atoms with Gasteiger partial charge in [0, 0.05) is 12.2 Å². The van der Waals surface area contributed by atoms with Gasteiger partial charge < -0.3 is 9.64 Å². The minimum Gasteiger partial charge on any atom is -0.465 e. The third kappa shape index (κ3) is 3.57. The highest BCUT2D eigenvalue weighted by Crippen LogP contribution is 2.14. The normalized spacial score (nSPS) is 9.94. The summed E-state index contributed by atoms with van der Waals surface area (Å²) in [5.41, 5.74) is 2.28. The van der Waals surface area contributed by atoms with E-state index in [-0.39, 0.29) is 5.97 Å². The van der Waals surface area contributed by atoms with Gasteiger partial charge in [-0.2, -0.15) is 0 Å². The molecule has 0 aliphatic rings. The van der Waals surface area contributed by atoms with Crippen LogP contribution in [0.25, 0.3) is 0 Å². The van der Waals surface area contributed by atoms with Crippen LogP contribution < -0.4 is 4.90 Å². The van der Waals surface area contributed by atoms with E-state index in [1.807, 2.05) is 49.9 Å². The molecule has 0 aliphatic carbocycles. The third-order valence-electron chi connectivity index (χ3n) is 2.41. The summed E-state index contributed by atoms with van der Waals surface area (Å²) in [6.07, 6.45) is 0. The number of nitrogens with zero attached hydrogens (tertiary/aromatic N) is 1. The first-order valence-electron chi connectivity index (χ1n) is 5.64. The van der Waals surface area contributed by atoms with Gasteiger partial charge in [0.25, 0.3) is 0 Å². The molecule has 1 aromatic rings. The van der Waals surface area contributed by atoms with E-state index in [1.165, 1.54) is 5.56 Å². The van der Waals surface area contributed by atoms with Gasteiger partial charge in [-0.3, -0.25) is 4.79 Å². The van der Waals surface area contributed by atoms with Crippen LogP contribution in [0, 0.1) is 6.92 Å². The molecule has 3 nitrogen and oxygen atoms in total. The van der Waals surface area contributed by atoms with Gasteiger partial charge in [-0.1, -0.05) is 17.7 Å². The Labute approximate surface area is 97.0 Å². The van der Waals surface area contributed by atoms with Gasteiger partial charge in [-0.25, -0.2) is 0 Å². The van der Waals surface area contributed by atoms with Gasteiger partial charge in [0.2, 0.25) is 0 Å². The van der Waals surface area contributed by atoms with Crippen LogP contribution in [0.2, 0.25) is 0 Å². The highest BCUT2D eigenvalue weighted by molar-refractivity contribution is 5.75. The maximum Gasteiger partial charge on any atom is 0.325 e. The molecule has 0 amide bonds. The fourth-order valence-electron chi connectivity index (χ4n) is 1.50. The summed E-state index contributed by atoms with van der Waals surface area (Å²) in [7, 11) is 0. The molecule has 0 bridgehead atoms. The second-order valence-electron chi connectivity index (χ2n) is 3.65. The summed E-state index contributed by atoms with van der Waals surface area (Å²) < 4.78 is 4.94. The number of aryl methyl sites for hydroxylation is 1. The SMILES string of the molecule is CCOC(=O)CN(CC)c1ccc(C)cc1. The molecule has 0 fully saturated rings. The third-order valence-corrected chi connectivity index (χ3v) is 2.41. The number of carbonyl (C=O) groups is 1. The van der Waals surface area contributed by atoms with Crippen LogP contribution in [-0.4, -0.2) is 25.7 Å². The molecule has 1 rings (SSSR count). The summed E-state index contributed by atoms with van der Waals surface area (Å²) in [6, 6.07) is 8.14. The van der Waals surface area contributed by atoms with Crippen LogP contribution in [0.5, 0.6) is 0 Å². The molecule has 0 N–H and O–H groups in total. The molecule has 0 atom stereocenters. The Bertz CT molecular complexity index is 332. The van der Waals surface area contributed by atoms with Crippen LogP contribution in [0.3, 0.4) is 0 Å². The van der Waals surface area contributed by atoms with E-state index in [2.05, 4.69) is 0 Å². The van der Waals surface area contributed by atoms with E-state index < -0.39 is 0 Å². The Kier molecular flexibility index (Phi) is 4.83. The van der Waals surface area contributed by atoms with Crippen molar-refractivity contribution in [3.8, 4) is 0 Å². The highest BCUT2D eigenvalue weighted by atomic mass is 16.5. The van der Waals surface area contributed by atoms with Crippen LogP contribution >= 0.6 is 0 Å². The number of hydrogen-bond donors (Lipinski definition) is 0. The standard InChI is InChI=1S/C13H19NO2/c1-4-14(10-13(15)16-5-2)12-8-6-11(3)7-9-12/h6-9H,4-5,10H2,1-3H3. The lowest BCUT2D eigenvalue weighted by Gasteiger charge is -2.21. The van der Waals surface area contributed by atoms with Gasteiger partial charge in [-0.15, -0.1) is 0 Å². The number of likely N-dealkylation sites (N-methyl/N-ethyl adjacent to an activating group) is 1. The van der Waals surface area contributed by atoms with Crippen LogP contribution in [0.4, 0.5) is 5.69 Å². The number of benzene rings is 1. The smallest absolute Gasteiger partial charge is 0.325 e. The molecule has 0 aliphatic heterocycles. The number of anilines is 1. The first-order valence-corrected chi connectivity index (χ1v) is 5.64. The van der Waals surface area contributed by atoms with E-state index in [4.69, 9.17) is 4.74 Å². The summed E-state index contributed by atoms with van der Waals surface area (Å²) in [5, 5.41) is 0. The molecule has 0 unspecified atom stereocenters. The lowest BCUT2D eigenvalue weighted by atomic mass is 10.2. The molecule has 0 saturated heterocycles. The van der Waals surface area contributed by atoms with E-state index in [0.717, 1.165) is 12.2 Å². The molecule has 88 valence electrons. The summed E-state index contributed by atoms with van der Waals surface area (Å²) in [4.78, 5) is 13.4. The topological polar surface area (TPSA) is 29.5 Å². The molecule has 16 heavy (non-hydrogen) atoms. The number of hydrogen-bond acceptors (Lipinski definition) is 3. The largest absolute Gasteiger partial charge is 0.465 e. The number of rotatable bonds is 5. The lowest BCUT2D eigenvalue weighted by molar-refractivity contribution is -0.141. The maximum absolute atomic E-state index is 11.4. The first kappa shape index (κ1) is 12.6. The monoisotopic (exact) mass is 221 g/mol. The molecule has 0 saturated carbocycles. The molecule has 0 heterocycles. The van der Waals surface area contributed by atoms with E-state index >= 15 is 0 Å². The average molecular weight is 221 g/mol. The zero-order chi connectivity index (χ0) is 12.0. The summed E-state index contributed by atoms with van der Waals surface area (Å²) in [6.45, 7) is 7.43. The molecule has 0 radical (unpaired) electrons. The Balaban J connectivity index is 2.67. The fourth-order valence-corrected chi connectivity index (χ4v) is 1.50. The number of esters is 1. The van der Waals surface area contributed by atoms with Crippen molar-refractivity contribution in [2.75, 3.05) is 24.6 Å². The van der Waals surface area contributed by atoms with Crippen molar-refractivity contribution in [1.29, 1.82) is 0 Å². The summed E-state index contributed by atoms with van der Waals surface area (Å²) in [5.74, 6) is -0.176. The van der Waals surface area contributed by atoms with Crippen molar-refractivity contribution in [3.63, 3.8) is 0 Å². The maximum atomic E-state index is 11.4. The van der Waals surface area contributed by atoms with Gasteiger partial charge in [0.1, 0.15) is 6.54 Å². The average Bonchev–Trinajstić information content (AvgIpc) is 2.27.